The topological polar surface area (TPSA) is 15.7 Å². The van der Waals surface area contributed by atoms with Gasteiger partial charge in [0.25, 0.3) is 0 Å². The van der Waals surface area contributed by atoms with Gasteiger partial charge >= 0.3 is 0 Å². The van der Waals surface area contributed by atoms with Crippen molar-refractivity contribution in [1.29, 1.82) is 0 Å². The zero-order valence-electron chi connectivity index (χ0n) is 15.4. The molecule has 0 amide bonds. The number of hydrogen-bond donors (Lipinski definition) is 0. The van der Waals surface area contributed by atoms with E-state index < -0.39 is 0 Å². The molecule has 1 aliphatic rings. The number of ether oxygens (including phenoxy) is 1. The Morgan fingerprint density at radius 1 is 0.923 bits per heavy atom. The molecule has 3 nitrogen and oxygen atoms in total. The Kier molecular flexibility index (Phi) is 10.9. The summed E-state index contributed by atoms with van der Waals surface area (Å²) in [6.45, 7) is 6.04. The van der Waals surface area contributed by atoms with Crippen LogP contribution >= 0.6 is 24.8 Å². The van der Waals surface area contributed by atoms with Crippen LogP contribution in [0.3, 0.4) is 0 Å². The number of morpholine rings is 1. The number of rotatable bonds is 7. The number of nitrogens with zero attached hydrogens (tertiary/aromatic N) is 2. The quantitative estimate of drug-likeness (QED) is 0.700. The molecule has 144 valence electrons. The third-order valence-corrected chi connectivity index (χ3v) is 4.86. The molecule has 1 fully saturated rings. The molecule has 3 rings (SSSR count). The van der Waals surface area contributed by atoms with Gasteiger partial charge in [0.1, 0.15) is 0 Å². The van der Waals surface area contributed by atoms with Gasteiger partial charge in [0, 0.05) is 32.2 Å². The van der Waals surface area contributed by atoms with Gasteiger partial charge in [0.15, 0.2) is 0 Å². The lowest BCUT2D eigenvalue weighted by Gasteiger charge is -2.32. The van der Waals surface area contributed by atoms with Crippen LogP contribution in [-0.2, 0) is 11.2 Å². The van der Waals surface area contributed by atoms with Gasteiger partial charge in [0.2, 0.25) is 0 Å². The Morgan fingerprint density at radius 3 is 2.12 bits per heavy atom. The van der Waals surface area contributed by atoms with Gasteiger partial charge in [-0.05, 0) is 24.6 Å². The summed E-state index contributed by atoms with van der Waals surface area (Å²) in [6, 6.07) is 22.1. The van der Waals surface area contributed by atoms with Crippen LogP contribution in [0.5, 0.6) is 0 Å². The Morgan fingerprint density at radius 2 is 1.50 bits per heavy atom. The summed E-state index contributed by atoms with van der Waals surface area (Å²) in [7, 11) is 2.25. The third-order valence-electron chi connectivity index (χ3n) is 4.86. The molecule has 1 unspecified atom stereocenters. The maximum atomic E-state index is 5.45. The molecule has 0 aromatic heterocycles. The lowest BCUT2D eigenvalue weighted by molar-refractivity contribution is 0.0325. The van der Waals surface area contributed by atoms with Gasteiger partial charge in [-0.2, -0.15) is 0 Å². The predicted molar refractivity (Wildman–Crippen MR) is 114 cm³/mol. The number of benzene rings is 2. The highest BCUT2D eigenvalue weighted by Crippen LogP contribution is 2.24. The van der Waals surface area contributed by atoms with E-state index in [1.807, 2.05) is 0 Å². The Balaban J connectivity index is 0.00000169. The molecule has 0 N–H and O–H groups in total. The summed E-state index contributed by atoms with van der Waals surface area (Å²) in [5, 5.41) is 0. The van der Waals surface area contributed by atoms with Gasteiger partial charge in [-0.25, -0.2) is 0 Å². The second-order valence-corrected chi connectivity index (χ2v) is 6.55. The SMILES string of the molecule is CN(CCN1CCOCC1)C(Cc1ccccc1)c1ccccc1.Cl.Cl. The molecule has 0 spiro atoms. The van der Waals surface area contributed by atoms with Gasteiger partial charge in [0.05, 0.1) is 13.2 Å². The van der Waals surface area contributed by atoms with E-state index in [-0.39, 0.29) is 24.8 Å². The van der Waals surface area contributed by atoms with E-state index in [4.69, 9.17) is 4.74 Å². The molecular weight excluding hydrogens is 367 g/mol. The Labute approximate surface area is 170 Å². The van der Waals surface area contributed by atoms with E-state index in [1.165, 1.54) is 11.1 Å². The molecule has 1 heterocycles. The Bertz CT molecular complexity index is 591. The van der Waals surface area contributed by atoms with E-state index in [0.717, 1.165) is 45.8 Å². The summed E-state index contributed by atoms with van der Waals surface area (Å²) in [5.74, 6) is 0. The van der Waals surface area contributed by atoms with Crippen molar-refractivity contribution < 1.29 is 4.74 Å². The highest BCUT2D eigenvalue weighted by Gasteiger charge is 2.19. The van der Waals surface area contributed by atoms with Crippen LogP contribution in [0.25, 0.3) is 0 Å². The van der Waals surface area contributed by atoms with Crippen molar-refractivity contribution >= 4 is 24.8 Å². The normalized spacial score (nSPS) is 15.8. The molecule has 2 aromatic carbocycles. The molecule has 1 aliphatic heterocycles. The van der Waals surface area contributed by atoms with Crippen LogP contribution < -0.4 is 0 Å². The van der Waals surface area contributed by atoms with E-state index in [1.54, 1.807) is 0 Å². The van der Waals surface area contributed by atoms with Crippen LogP contribution in [-0.4, -0.2) is 56.2 Å². The highest BCUT2D eigenvalue weighted by molar-refractivity contribution is 5.85. The average molecular weight is 397 g/mol. The van der Waals surface area contributed by atoms with E-state index in [0.29, 0.717) is 6.04 Å². The molecule has 0 aliphatic carbocycles. The molecule has 1 atom stereocenters. The third kappa shape index (κ3) is 6.90. The summed E-state index contributed by atoms with van der Waals surface area (Å²) >= 11 is 0. The molecule has 0 bridgehead atoms. The van der Waals surface area contributed by atoms with Crippen LogP contribution in [0.4, 0.5) is 0 Å². The molecule has 5 heteroatoms. The van der Waals surface area contributed by atoms with Crippen LogP contribution in [0.2, 0.25) is 0 Å². The lowest BCUT2D eigenvalue weighted by atomic mass is 9.97. The number of likely N-dealkylation sites (N-methyl/N-ethyl adjacent to an activating group) is 1. The van der Waals surface area contributed by atoms with Crippen molar-refractivity contribution in [2.24, 2.45) is 0 Å². The summed E-state index contributed by atoms with van der Waals surface area (Å²) in [4.78, 5) is 5.00. The summed E-state index contributed by atoms with van der Waals surface area (Å²) in [5.41, 5.74) is 2.79. The standard InChI is InChI=1S/C21H28N2O.2ClH/c1-22(12-13-23-14-16-24-17-15-23)21(20-10-6-3-7-11-20)18-19-8-4-2-5-9-19;;/h2-11,21H,12-18H2,1H3;2*1H. The van der Waals surface area contributed by atoms with Crippen molar-refractivity contribution in [3.8, 4) is 0 Å². The molecule has 1 saturated heterocycles. The van der Waals surface area contributed by atoms with Crippen molar-refractivity contribution in [1.82, 2.24) is 9.80 Å². The van der Waals surface area contributed by atoms with Gasteiger partial charge in [-0.3, -0.25) is 9.80 Å². The van der Waals surface area contributed by atoms with Gasteiger partial charge < -0.3 is 4.74 Å². The summed E-state index contributed by atoms with van der Waals surface area (Å²) < 4.78 is 5.45. The molecular formula is C21H30Cl2N2O. The van der Waals surface area contributed by atoms with E-state index in [9.17, 15) is 0 Å². The fourth-order valence-electron chi connectivity index (χ4n) is 3.32. The largest absolute Gasteiger partial charge is 0.379 e. The lowest BCUT2D eigenvalue weighted by Crippen LogP contribution is -2.41. The number of hydrogen-bond acceptors (Lipinski definition) is 3. The van der Waals surface area contributed by atoms with Crippen LogP contribution in [0.1, 0.15) is 17.2 Å². The molecule has 2 aromatic rings. The zero-order chi connectivity index (χ0) is 16.6. The second-order valence-electron chi connectivity index (χ2n) is 6.55. The first-order valence-corrected chi connectivity index (χ1v) is 8.92. The first kappa shape index (κ1) is 22.9. The van der Waals surface area contributed by atoms with E-state index >= 15 is 0 Å². The Hall–Kier alpha value is -1.10. The van der Waals surface area contributed by atoms with Crippen LogP contribution in [0.15, 0.2) is 60.7 Å². The number of halogens is 2. The second kappa shape index (κ2) is 12.3. The minimum atomic E-state index is 0. The molecule has 0 radical (unpaired) electrons. The fraction of sp³-hybridized carbons (Fsp3) is 0.429. The van der Waals surface area contributed by atoms with Crippen molar-refractivity contribution in [3.05, 3.63) is 71.8 Å². The van der Waals surface area contributed by atoms with Crippen LogP contribution in [0, 0.1) is 0 Å². The van der Waals surface area contributed by atoms with Crippen molar-refractivity contribution in [2.75, 3.05) is 46.4 Å². The fourth-order valence-corrected chi connectivity index (χ4v) is 3.32. The minimum absolute atomic E-state index is 0. The van der Waals surface area contributed by atoms with Gasteiger partial charge in [-0.15, -0.1) is 24.8 Å². The monoisotopic (exact) mass is 396 g/mol. The first-order valence-electron chi connectivity index (χ1n) is 8.92. The molecule has 26 heavy (non-hydrogen) atoms. The van der Waals surface area contributed by atoms with Gasteiger partial charge in [-0.1, -0.05) is 60.7 Å². The van der Waals surface area contributed by atoms with E-state index in [2.05, 4.69) is 77.5 Å². The van der Waals surface area contributed by atoms with Crippen molar-refractivity contribution in [3.63, 3.8) is 0 Å². The maximum Gasteiger partial charge on any atom is 0.0594 e. The maximum absolute atomic E-state index is 5.45. The smallest absolute Gasteiger partial charge is 0.0594 e. The summed E-state index contributed by atoms with van der Waals surface area (Å²) in [6.07, 6.45) is 1.05. The first-order chi connectivity index (χ1) is 11.8. The minimum Gasteiger partial charge on any atom is -0.379 e. The van der Waals surface area contributed by atoms with Crippen molar-refractivity contribution in [2.45, 2.75) is 12.5 Å². The average Bonchev–Trinajstić information content (AvgIpc) is 2.66. The zero-order valence-corrected chi connectivity index (χ0v) is 17.1. The molecule has 0 saturated carbocycles. The highest BCUT2D eigenvalue weighted by atomic mass is 35.5. The predicted octanol–water partition coefficient (Wildman–Crippen LogP) is 4.08.